The van der Waals surface area contributed by atoms with Crippen LogP contribution in [0.15, 0.2) is 58.1 Å². The van der Waals surface area contributed by atoms with Crippen LogP contribution in [0.4, 0.5) is 0 Å². The third kappa shape index (κ3) is 2.55. The zero-order valence-corrected chi connectivity index (χ0v) is 12.1. The number of hydrogen-bond acceptors (Lipinski definition) is 3. The normalized spacial score (nSPS) is 12.0. The molecule has 0 saturated heterocycles. The Bertz CT molecular complexity index is 845. The topological polar surface area (TPSA) is 45.7 Å². The summed E-state index contributed by atoms with van der Waals surface area (Å²) >= 11 is 0. The Kier molecular flexibility index (Phi) is 3.48. The molecule has 2 aromatic carbocycles. The summed E-state index contributed by atoms with van der Waals surface area (Å²) < 4.78 is 5.96. The van der Waals surface area contributed by atoms with Gasteiger partial charge in [0.15, 0.2) is 0 Å². The van der Waals surface area contributed by atoms with Crippen molar-refractivity contribution in [3.63, 3.8) is 0 Å². The van der Waals surface area contributed by atoms with Gasteiger partial charge in [0.25, 0.3) is 0 Å². The molecule has 0 bridgehead atoms. The number of fused-ring (bicyclic) bond motifs is 1. The second-order valence-electron chi connectivity index (χ2n) is 5.15. The predicted molar refractivity (Wildman–Crippen MR) is 83.1 cm³/mol. The van der Waals surface area contributed by atoms with E-state index in [0.29, 0.717) is 11.1 Å². The van der Waals surface area contributed by atoms with Crippen LogP contribution in [0.25, 0.3) is 22.3 Å². The lowest BCUT2D eigenvalue weighted by Gasteiger charge is -2.06. The standard InChI is InChI=1S/C18H17NO2/c1-3-13-6-9-17-15(10-13)16(19-20)11-18(21-17)14-7-4-12(2)5-8-14/h4-11,20H,3H2,1-2H3/b19-16-. The van der Waals surface area contributed by atoms with E-state index < -0.39 is 0 Å². The molecular weight excluding hydrogens is 262 g/mol. The van der Waals surface area contributed by atoms with Crippen molar-refractivity contribution < 1.29 is 9.62 Å². The van der Waals surface area contributed by atoms with Crippen molar-refractivity contribution in [1.82, 2.24) is 0 Å². The van der Waals surface area contributed by atoms with Gasteiger partial charge in [0.05, 0.1) is 0 Å². The van der Waals surface area contributed by atoms with E-state index in [1.54, 1.807) is 6.07 Å². The highest BCUT2D eigenvalue weighted by atomic mass is 16.4. The predicted octanol–water partition coefficient (Wildman–Crippen LogP) is 4.26. The number of rotatable bonds is 2. The number of hydrogen-bond donors (Lipinski definition) is 1. The SMILES string of the molecule is CCc1ccc2oc(-c3ccc(C)cc3)c/c(=N/O)c2c1. The fourth-order valence-electron chi connectivity index (χ4n) is 2.38. The van der Waals surface area contributed by atoms with Gasteiger partial charge < -0.3 is 9.62 Å². The van der Waals surface area contributed by atoms with Crippen molar-refractivity contribution in [1.29, 1.82) is 0 Å². The Hall–Kier alpha value is -2.55. The first-order valence-electron chi connectivity index (χ1n) is 7.03. The molecule has 3 aromatic rings. The van der Waals surface area contributed by atoms with E-state index in [9.17, 15) is 5.21 Å². The first-order chi connectivity index (χ1) is 10.2. The summed E-state index contributed by atoms with van der Waals surface area (Å²) in [7, 11) is 0. The molecule has 3 heteroatoms. The van der Waals surface area contributed by atoms with Gasteiger partial charge in [-0.15, -0.1) is 0 Å². The molecular formula is C18H17NO2. The van der Waals surface area contributed by atoms with Crippen molar-refractivity contribution in [3.05, 3.63) is 65.0 Å². The second kappa shape index (κ2) is 5.44. The molecule has 0 saturated carbocycles. The highest BCUT2D eigenvalue weighted by Crippen LogP contribution is 2.23. The average Bonchev–Trinajstić information content (AvgIpc) is 2.54. The summed E-state index contributed by atoms with van der Waals surface area (Å²) in [5.74, 6) is 0.694. The first kappa shape index (κ1) is 13.4. The fourth-order valence-corrected chi connectivity index (χ4v) is 2.38. The fraction of sp³-hybridized carbons (Fsp3) is 0.167. The maximum atomic E-state index is 9.30. The molecule has 1 aromatic heterocycles. The lowest BCUT2D eigenvalue weighted by atomic mass is 10.1. The summed E-state index contributed by atoms with van der Waals surface area (Å²) in [6, 6.07) is 15.8. The van der Waals surface area contributed by atoms with Crippen molar-refractivity contribution in [2.75, 3.05) is 0 Å². The van der Waals surface area contributed by atoms with Crippen LogP contribution >= 0.6 is 0 Å². The van der Waals surface area contributed by atoms with E-state index in [2.05, 4.69) is 12.1 Å². The van der Waals surface area contributed by atoms with Crippen LogP contribution in [0, 0.1) is 6.92 Å². The van der Waals surface area contributed by atoms with Crippen LogP contribution in [0.3, 0.4) is 0 Å². The Morgan fingerprint density at radius 3 is 2.48 bits per heavy atom. The molecule has 1 N–H and O–H groups in total. The van der Waals surface area contributed by atoms with Gasteiger partial charge in [-0.2, -0.15) is 0 Å². The van der Waals surface area contributed by atoms with E-state index in [1.807, 2.05) is 49.4 Å². The Morgan fingerprint density at radius 1 is 1.05 bits per heavy atom. The van der Waals surface area contributed by atoms with Crippen molar-refractivity contribution >= 4 is 11.0 Å². The zero-order valence-electron chi connectivity index (χ0n) is 12.1. The van der Waals surface area contributed by atoms with Crippen molar-refractivity contribution in [2.45, 2.75) is 20.3 Å². The third-order valence-electron chi connectivity index (χ3n) is 3.66. The second-order valence-corrected chi connectivity index (χ2v) is 5.15. The summed E-state index contributed by atoms with van der Waals surface area (Å²) in [6.07, 6.45) is 0.931. The van der Waals surface area contributed by atoms with Gasteiger partial charge in [0.2, 0.25) is 0 Å². The van der Waals surface area contributed by atoms with Crippen LogP contribution in [0.2, 0.25) is 0 Å². The molecule has 0 fully saturated rings. The van der Waals surface area contributed by atoms with Gasteiger partial charge >= 0.3 is 0 Å². The summed E-state index contributed by atoms with van der Waals surface area (Å²) in [4.78, 5) is 0. The van der Waals surface area contributed by atoms with Gasteiger partial charge in [-0.05, 0) is 31.0 Å². The molecule has 0 radical (unpaired) electrons. The summed E-state index contributed by atoms with van der Waals surface area (Å²) in [6.45, 7) is 4.14. The van der Waals surface area contributed by atoms with E-state index in [-0.39, 0.29) is 0 Å². The molecule has 0 aliphatic heterocycles. The van der Waals surface area contributed by atoms with E-state index in [1.165, 1.54) is 11.1 Å². The van der Waals surface area contributed by atoms with E-state index >= 15 is 0 Å². The van der Waals surface area contributed by atoms with E-state index in [0.717, 1.165) is 23.0 Å². The minimum Gasteiger partial charge on any atom is -0.456 e. The molecule has 1 heterocycles. The van der Waals surface area contributed by atoms with Gasteiger partial charge in [0.1, 0.15) is 16.7 Å². The maximum Gasteiger partial charge on any atom is 0.137 e. The average molecular weight is 279 g/mol. The lowest BCUT2D eigenvalue weighted by Crippen LogP contribution is -2.04. The number of aryl methyl sites for hydroxylation is 2. The van der Waals surface area contributed by atoms with Crippen LogP contribution < -0.4 is 5.36 Å². The van der Waals surface area contributed by atoms with Crippen LogP contribution in [-0.2, 0) is 6.42 Å². The highest BCUT2D eigenvalue weighted by Gasteiger charge is 2.07. The molecule has 0 amide bonds. The van der Waals surface area contributed by atoms with Gasteiger partial charge in [-0.1, -0.05) is 48.0 Å². The van der Waals surface area contributed by atoms with Gasteiger partial charge in [-0.25, -0.2) is 0 Å². The smallest absolute Gasteiger partial charge is 0.137 e. The quantitative estimate of drug-likeness (QED) is 0.562. The molecule has 3 nitrogen and oxygen atoms in total. The van der Waals surface area contributed by atoms with Gasteiger partial charge in [0, 0.05) is 17.0 Å². The molecule has 0 aliphatic rings. The molecule has 0 aliphatic carbocycles. The maximum absolute atomic E-state index is 9.30. The molecule has 0 spiro atoms. The highest BCUT2D eigenvalue weighted by molar-refractivity contribution is 5.79. The number of nitrogens with zero attached hydrogens (tertiary/aromatic N) is 1. The largest absolute Gasteiger partial charge is 0.456 e. The lowest BCUT2D eigenvalue weighted by molar-refractivity contribution is 0.302. The van der Waals surface area contributed by atoms with Crippen molar-refractivity contribution in [3.8, 4) is 11.3 Å². The minimum atomic E-state index is 0.530. The van der Waals surface area contributed by atoms with Crippen molar-refractivity contribution in [2.24, 2.45) is 5.16 Å². The number of benzene rings is 2. The van der Waals surface area contributed by atoms with E-state index in [4.69, 9.17) is 4.42 Å². The van der Waals surface area contributed by atoms with Crippen LogP contribution in [0.1, 0.15) is 18.1 Å². The Morgan fingerprint density at radius 2 is 1.81 bits per heavy atom. The Labute approximate surface area is 123 Å². The molecule has 0 unspecified atom stereocenters. The molecule has 0 atom stereocenters. The molecule has 3 rings (SSSR count). The third-order valence-corrected chi connectivity index (χ3v) is 3.66. The van der Waals surface area contributed by atoms with Crippen LogP contribution in [0.5, 0.6) is 0 Å². The Balaban J connectivity index is 2.25. The molecule has 21 heavy (non-hydrogen) atoms. The zero-order chi connectivity index (χ0) is 14.8. The monoisotopic (exact) mass is 279 g/mol. The minimum absolute atomic E-state index is 0.530. The first-order valence-corrected chi connectivity index (χ1v) is 7.03. The van der Waals surface area contributed by atoms with Crippen LogP contribution in [-0.4, -0.2) is 5.21 Å². The molecule has 106 valence electrons. The summed E-state index contributed by atoms with van der Waals surface area (Å²) in [5.41, 5.74) is 4.06. The van der Waals surface area contributed by atoms with Gasteiger partial charge in [-0.3, -0.25) is 0 Å². The summed E-state index contributed by atoms with van der Waals surface area (Å²) in [5, 5.41) is 14.1.